The van der Waals surface area contributed by atoms with E-state index in [1.807, 2.05) is 11.5 Å². The van der Waals surface area contributed by atoms with Gasteiger partial charge in [0.25, 0.3) is 5.09 Å². The van der Waals surface area contributed by atoms with Crippen LogP contribution in [0.5, 0.6) is 0 Å². The third-order valence-corrected chi connectivity index (χ3v) is 3.82. The second-order valence-electron chi connectivity index (χ2n) is 5.25. The van der Waals surface area contributed by atoms with E-state index < -0.39 is 5.09 Å². The van der Waals surface area contributed by atoms with E-state index in [2.05, 4.69) is 29.2 Å². The molecule has 2 aromatic rings. The number of carbonyl (C=O) groups excluding carboxylic acids is 1. The first kappa shape index (κ1) is 17.5. The van der Waals surface area contributed by atoms with Crippen molar-refractivity contribution in [2.75, 3.05) is 6.61 Å². The Morgan fingerprint density at radius 2 is 2.21 bits per heavy atom. The van der Waals surface area contributed by atoms with Crippen LogP contribution in [0.2, 0.25) is 0 Å². The molecular weight excluding hydrogens is 314 g/mol. The highest BCUT2D eigenvalue weighted by molar-refractivity contribution is 5.87. The van der Waals surface area contributed by atoms with E-state index in [1.54, 1.807) is 12.5 Å². The van der Waals surface area contributed by atoms with Gasteiger partial charge < -0.3 is 14.5 Å². The number of fused-ring (bicyclic) bond motifs is 1. The van der Waals surface area contributed by atoms with Gasteiger partial charge in [-0.05, 0) is 37.3 Å². The maximum Gasteiger partial charge on any atom is 0.356 e. The first-order chi connectivity index (χ1) is 11.5. The molecule has 3 rings (SSSR count). The van der Waals surface area contributed by atoms with Crippen molar-refractivity contribution < 1.29 is 19.8 Å². The standard InChI is InChI=1S/C16H18N2O2.HNO3/c1-2-20-16(19)15-10-17-11-18(15)14-9-5-7-12-6-3-4-8-13(12)14;2-1(3)4/h3-4,6,8,10-11,14H,2,5,7,9H2,1H3;(H,2,3,4). The molecule has 1 heterocycles. The first-order valence-electron chi connectivity index (χ1n) is 7.64. The molecule has 1 unspecified atom stereocenters. The lowest BCUT2D eigenvalue weighted by molar-refractivity contribution is -0.742. The molecule has 8 heteroatoms. The number of nitrogens with zero attached hydrogens (tertiary/aromatic N) is 3. The number of hydrogen-bond acceptors (Lipinski definition) is 5. The normalized spacial score (nSPS) is 15.6. The number of carbonyl (C=O) groups is 1. The van der Waals surface area contributed by atoms with Crippen LogP contribution in [0.15, 0.2) is 36.8 Å². The summed E-state index contributed by atoms with van der Waals surface area (Å²) in [5.74, 6) is -0.298. The van der Waals surface area contributed by atoms with E-state index in [1.165, 1.54) is 11.1 Å². The van der Waals surface area contributed by atoms with Gasteiger partial charge >= 0.3 is 5.97 Å². The van der Waals surface area contributed by atoms with E-state index in [4.69, 9.17) is 20.1 Å². The van der Waals surface area contributed by atoms with Crippen LogP contribution in [0.4, 0.5) is 0 Å². The highest BCUT2D eigenvalue weighted by Gasteiger charge is 2.25. The summed E-state index contributed by atoms with van der Waals surface area (Å²) in [6.45, 7) is 2.19. The van der Waals surface area contributed by atoms with Crippen LogP contribution in [0.1, 0.15) is 47.4 Å². The molecule has 0 spiro atoms. The van der Waals surface area contributed by atoms with Gasteiger partial charge in [-0.15, -0.1) is 10.1 Å². The van der Waals surface area contributed by atoms with Gasteiger partial charge in [-0.3, -0.25) is 0 Å². The Labute approximate surface area is 138 Å². The summed E-state index contributed by atoms with van der Waals surface area (Å²) < 4.78 is 7.06. The smallest absolute Gasteiger partial charge is 0.356 e. The van der Waals surface area contributed by atoms with Crippen molar-refractivity contribution in [3.8, 4) is 0 Å². The molecule has 1 N–H and O–H groups in total. The second-order valence-corrected chi connectivity index (χ2v) is 5.25. The average molecular weight is 333 g/mol. The number of aryl methyl sites for hydroxylation is 1. The summed E-state index contributed by atoms with van der Waals surface area (Å²) >= 11 is 0. The number of ether oxygens (including phenoxy) is 1. The quantitative estimate of drug-likeness (QED) is 0.525. The monoisotopic (exact) mass is 333 g/mol. The average Bonchev–Trinajstić information content (AvgIpc) is 3.03. The predicted octanol–water partition coefficient (Wildman–Crippen LogP) is 2.64. The summed E-state index contributed by atoms with van der Waals surface area (Å²) in [7, 11) is 0. The zero-order chi connectivity index (χ0) is 17.5. The van der Waals surface area contributed by atoms with Crippen molar-refractivity contribution in [1.82, 2.24) is 9.55 Å². The molecular formula is C16H19N3O5. The van der Waals surface area contributed by atoms with Crippen LogP contribution >= 0.6 is 0 Å². The van der Waals surface area contributed by atoms with Crippen LogP contribution in [0.25, 0.3) is 0 Å². The molecule has 0 saturated heterocycles. The van der Waals surface area contributed by atoms with Gasteiger partial charge in [-0.1, -0.05) is 24.3 Å². The van der Waals surface area contributed by atoms with E-state index in [-0.39, 0.29) is 12.0 Å². The van der Waals surface area contributed by atoms with Crippen LogP contribution in [-0.2, 0) is 11.2 Å². The number of imidazole rings is 1. The Balaban J connectivity index is 0.000000471. The van der Waals surface area contributed by atoms with Gasteiger partial charge in [0.15, 0.2) is 0 Å². The Morgan fingerprint density at radius 1 is 1.50 bits per heavy atom. The maximum absolute atomic E-state index is 12.0. The Bertz CT molecular complexity index is 709. The molecule has 0 bridgehead atoms. The lowest BCUT2D eigenvalue weighted by atomic mass is 9.87. The minimum atomic E-state index is -1.50. The van der Waals surface area contributed by atoms with Crippen molar-refractivity contribution in [2.24, 2.45) is 0 Å². The van der Waals surface area contributed by atoms with Crippen molar-refractivity contribution in [1.29, 1.82) is 0 Å². The van der Waals surface area contributed by atoms with Gasteiger partial charge in [0.2, 0.25) is 0 Å². The molecule has 0 saturated carbocycles. The van der Waals surface area contributed by atoms with Crippen LogP contribution in [0.3, 0.4) is 0 Å². The third kappa shape index (κ3) is 4.09. The Morgan fingerprint density at radius 3 is 2.92 bits per heavy atom. The van der Waals surface area contributed by atoms with Gasteiger partial charge in [0.1, 0.15) is 5.69 Å². The molecule has 0 amide bonds. The highest BCUT2D eigenvalue weighted by atomic mass is 16.9. The molecule has 0 radical (unpaired) electrons. The molecule has 0 aliphatic heterocycles. The fraction of sp³-hybridized carbons (Fsp3) is 0.375. The maximum atomic E-state index is 12.0. The minimum absolute atomic E-state index is 0.182. The highest BCUT2D eigenvalue weighted by Crippen LogP contribution is 2.33. The molecule has 1 aliphatic rings. The summed E-state index contributed by atoms with van der Waals surface area (Å²) in [6.07, 6.45) is 6.59. The molecule has 1 atom stereocenters. The zero-order valence-electron chi connectivity index (χ0n) is 13.3. The number of benzene rings is 1. The zero-order valence-corrected chi connectivity index (χ0v) is 13.3. The second kappa shape index (κ2) is 8.09. The van der Waals surface area contributed by atoms with Gasteiger partial charge in [-0.2, -0.15) is 0 Å². The van der Waals surface area contributed by atoms with Crippen LogP contribution < -0.4 is 0 Å². The van der Waals surface area contributed by atoms with Crippen LogP contribution in [0, 0.1) is 10.1 Å². The van der Waals surface area contributed by atoms with Gasteiger partial charge in [0, 0.05) is 0 Å². The summed E-state index contributed by atoms with van der Waals surface area (Å²) in [5, 5.41) is 13.6. The minimum Gasteiger partial charge on any atom is -0.461 e. The van der Waals surface area contributed by atoms with E-state index in [0.29, 0.717) is 12.3 Å². The lowest BCUT2D eigenvalue weighted by Gasteiger charge is -2.27. The summed E-state index contributed by atoms with van der Waals surface area (Å²) in [5.41, 5.74) is 3.20. The van der Waals surface area contributed by atoms with Gasteiger partial charge in [-0.25, -0.2) is 9.78 Å². The van der Waals surface area contributed by atoms with Crippen molar-refractivity contribution in [3.05, 3.63) is 63.7 Å². The van der Waals surface area contributed by atoms with E-state index in [0.717, 1.165) is 19.3 Å². The Kier molecular flexibility index (Phi) is 5.89. The van der Waals surface area contributed by atoms with Crippen molar-refractivity contribution in [2.45, 2.75) is 32.2 Å². The number of aromatic nitrogens is 2. The molecule has 128 valence electrons. The first-order valence-corrected chi connectivity index (χ1v) is 7.64. The third-order valence-electron chi connectivity index (χ3n) is 3.82. The van der Waals surface area contributed by atoms with Crippen LogP contribution in [-0.4, -0.2) is 32.4 Å². The largest absolute Gasteiger partial charge is 0.461 e. The summed E-state index contributed by atoms with van der Waals surface area (Å²) in [4.78, 5) is 24.5. The number of hydrogen-bond donors (Lipinski definition) is 1. The van der Waals surface area contributed by atoms with Gasteiger partial charge in [0.05, 0.1) is 25.2 Å². The molecule has 24 heavy (non-hydrogen) atoms. The van der Waals surface area contributed by atoms with E-state index >= 15 is 0 Å². The predicted molar refractivity (Wildman–Crippen MR) is 84.5 cm³/mol. The summed E-state index contributed by atoms with van der Waals surface area (Å²) in [6, 6.07) is 8.62. The fourth-order valence-electron chi connectivity index (χ4n) is 2.93. The van der Waals surface area contributed by atoms with Crippen molar-refractivity contribution in [3.63, 3.8) is 0 Å². The molecule has 8 nitrogen and oxygen atoms in total. The molecule has 1 aliphatic carbocycles. The molecule has 0 fully saturated rings. The van der Waals surface area contributed by atoms with E-state index in [9.17, 15) is 4.79 Å². The number of esters is 1. The fourth-order valence-corrected chi connectivity index (χ4v) is 2.93. The lowest BCUT2D eigenvalue weighted by Crippen LogP contribution is -2.21. The van der Waals surface area contributed by atoms with Crippen molar-refractivity contribution >= 4 is 5.97 Å². The molecule has 1 aromatic carbocycles. The topological polar surface area (TPSA) is 107 Å². The Hall–Kier alpha value is -2.90. The number of rotatable bonds is 3. The molecule has 1 aromatic heterocycles. The SMILES string of the molecule is CCOC(=O)c1cncn1C1CCCc2ccccc21.O=[N+]([O-])O.